The van der Waals surface area contributed by atoms with E-state index in [2.05, 4.69) is 0 Å². The Hall–Kier alpha value is -0.800. The highest BCUT2D eigenvalue weighted by molar-refractivity contribution is 6.51. The molecule has 6 heteroatoms. The molecule has 0 aromatic heterocycles. The number of benzene rings is 2. The predicted molar refractivity (Wildman–Crippen MR) is 81.1 cm³/mol. The van der Waals surface area contributed by atoms with Crippen molar-refractivity contribution in [1.29, 1.82) is 0 Å². The normalized spacial score (nSPS) is 10.7. The van der Waals surface area contributed by atoms with E-state index < -0.39 is 11.6 Å². The van der Waals surface area contributed by atoms with Crippen LogP contribution in [0.2, 0.25) is 20.1 Å². The van der Waals surface area contributed by atoms with Crippen LogP contribution in [0, 0.1) is 12.7 Å². The average molecular weight is 352 g/mol. The summed E-state index contributed by atoms with van der Waals surface area (Å²) in [7, 11) is 0. The maximum atomic E-state index is 13.9. The first-order valence-corrected chi connectivity index (χ1v) is 6.98. The van der Waals surface area contributed by atoms with Crippen LogP contribution in [0.5, 0.6) is 0 Å². The minimum absolute atomic E-state index is 0.00797. The lowest BCUT2D eigenvalue weighted by Gasteiger charge is -2.10. The molecular formula is C14H7Cl4FO. The first kappa shape index (κ1) is 15.6. The van der Waals surface area contributed by atoms with Gasteiger partial charge in [0.1, 0.15) is 5.82 Å². The number of carbonyl (C=O) groups excluding carboxylic acids is 1. The lowest BCUT2D eigenvalue weighted by Crippen LogP contribution is -2.06. The van der Waals surface area contributed by atoms with Crippen molar-refractivity contribution in [2.75, 3.05) is 0 Å². The van der Waals surface area contributed by atoms with E-state index in [-0.39, 0.29) is 31.2 Å². The summed E-state index contributed by atoms with van der Waals surface area (Å²) in [5.41, 5.74) is 0.508. The maximum absolute atomic E-state index is 13.9. The van der Waals surface area contributed by atoms with E-state index in [0.717, 1.165) is 0 Å². The van der Waals surface area contributed by atoms with Gasteiger partial charge in [-0.2, -0.15) is 0 Å². The van der Waals surface area contributed by atoms with Gasteiger partial charge < -0.3 is 0 Å². The molecule has 2 rings (SSSR count). The van der Waals surface area contributed by atoms with Crippen LogP contribution >= 0.6 is 46.4 Å². The van der Waals surface area contributed by atoms with Gasteiger partial charge in [-0.05, 0) is 30.7 Å². The van der Waals surface area contributed by atoms with Gasteiger partial charge in [0.15, 0.2) is 5.78 Å². The lowest BCUT2D eigenvalue weighted by molar-refractivity contribution is 0.103. The van der Waals surface area contributed by atoms with Crippen molar-refractivity contribution >= 4 is 52.2 Å². The van der Waals surface area contributed by atoms with Crippen molar-refractivity contribution in [3.8, 4) is 0 Å². The van der Waals surface area contributed by atoms with Gasteiger partial charge >= 0.3 is 0 Å². The molecule has 0 amide bonds. The molecule has 0 aliphatic rings. The minimum Gasteiger partial charge on any atom is -0.288 e. The van der Waals surface area contributed by atoms with Gasteiger partial charge in [-0.15, -0.1) is 0 Å². The summed E-state index contributed by atoms with van der Waals surface area (Å²) < 4.78 is 13.9. The zero-order chi connectivity index (χ0) is 15.0. The van der Waals surface area contributed by atoms with E-state index in [4.69, 9.17) is 46.4 Å². The van der Waals surface area contributed by atoms with Crippen molar-refractivity contribution in [3.63, 3.8) is 0 Å². The summed E-state index contributed by atoms with van der Waals surface area (Å²) in [6, 6.07) is 5.56. The Labute approximate surface area is 135 Å². The molecule has 104 valence electrons. The monoisotopic (exact) mass is 350 g/mol. The number of aryl methyl sites for hydroxylation is 1. The highest BCUT2D eigenvalue weighted by Crippen LogP contribution is 2.38. The second kappa shape index (κ2) is 5.90. The minimum atomic E-state index is -0.645. The van der Waals surface area contributed by atoms with Gasteiger partial charge in [0, 0.05) is 0 Å². The zero-order valence-corrected chi connectivity index (χ0v) is 13.1. The van der Waals surface area contributed by atoms with Crippen molar-refractivity contribution in [3.05, 3.63) is 66.9 Å². The van der Waals surface area contributed by atoms with E-state index in [1.54, 1.807) is 13.0 Å². The van der Waals surface area contributed by atoms with Gasteiger partial charge in [-0.3, -0.25) is 4.79 Å². The fourth-order valence-corrected chi connectivity index (χ4v) is 2.80. The number of hydrogen-bond acceptors (Lipinski definition) is 1. The van der Waals surface area contributed by atoms with Crippen LogP contribution in [-0.4, -0.2) is 5.78 Å². The molecule has 0 radical (unpaired) electrons. The topological polar surface area (TPSA) is 17.1 Å². The van der Waals surface area contributed by atoms with Crippen molar-refractivity contribution < 1.29 is 9.18 Å². The highest BCUT2D eigenvalue weighted by Gasteiger charge is 2.23. The third-order valence-corrected chi connectivity index (χ3v) is 4.27. The van der Waals surface area contributed by atoms with E-state index in [9.17, 15) is 9.18 Å². The second-order valence-corrected chi connectivity index (χ2v) is 5.73. The van der Waals surface area contributed by atoms with E-state index >= 15 is 0 Å². The standard InChI is InChI=1S/C14H7Cl4FO/c1-6-2-3-7(10(19)4-6)14(20)11-8(15)5-9(16)12(17)13(11)18/h2-5H,1H3. The van der Waals surface area contributed by atoms with Gasteiger partial charge in [0.25, 0.3) is 0 Å². The third-order valence-electron chi connectivity index (χ3n) is 2.71. The SMILES string of the molecule is Cc1ccc(C(=O)c2c(Cl)cc(Cl)c(Cl)c2Cl)c(F)c1. The van der Waals surface area contributed by atoms with Crippen molar-refractivity contribution in [2.24, 2.45) is 0 Å². The summed E-state index contributed by atoms with van der Waals surface area (Å²) in [5.74, 6) is -1.29. The van der Waals surface area contributed by atoms with Gasteiger partial charge in [0.05, 0.1) is 31.2 Å². The molecule has 0 aliphatic heterocycles. The van der Waals surface area contributed by atoms with Crippen LogP contribution in [0.15, 0.2) is 24.3 Å². The highest BCUT2D eigenvalue weighted by atomic mass is 35.5. The smallest absolute Gasteiger partial charge is 0.199 e. The molecule has 20 heavy (non-hydrogen) atoms. The van der Waals surface area contributed by atoms with Gasteiger partial charge in [-0.1, -0.05) is 52.5 Å². The molecule has 0 unspecified atom stereocenters. The maximum Gasteiger partial charge on any atom is 0.199 e. The van der Waals surface area contributed by atoms with E-state index in [1.165, 1.54) is 18.2 Å². The summed E-state index contributed by atoms with van der Waals surface area (Å²) in [6.07, 6.45) is 0. The van der Waals surface area contributed by atoms with Crippen LogP contribution < -0.4 is 0 Å². The summed E-state index contributed by atoms with van der Waals surface area (Å²) in [5, 5.41) is 0.0692. The summed E-state index contributed by atoms with van der Waals surface area (Å²) in [6.45, 7) is 1.72. The van der Waals surface area contributed by atoms with Crippen molar-refractivity contribution in [2.45, 2.75) is 6.92 Å². The van der Waals surface area contributed by atoms with Crippen LogP contribution in [0.25, 0.3) is 0 Å². The summed E-state index contributed by atoms with van der Waals surface area (Å²) in [4.78, 5) is 12.4. The first-order chi connectivity index (χ1) is 9.32. The largest absolute Gasteiger partial charge is 0.288 e. The molecule has 0 saturated carbocycles. The Balaban J connectivity index is 2.63. The predicted octanol–water partition coefficient (Wildman–Crippen LogP) is 5.98. The number of carbonyl (C=O) groups is 1. The fraction of sp³-hybridized carbons (Fsp3) is 0.0714. The van der Waals surface area contributed by atoms with Gasteiger partial charge in [-0.25, -0.2) is 4.39 Å². The Bertz CT molecular complexity index is 713. The molecule has 0 atom stereocenters. The molecule has 0 aliphatic carbocycles. The van der Waals surface area contributed by atoms with Crippen molar-refractivity contribution in [1.82, 2.24) is 0 Å². The van der Waals surface area contributed by atoms with Gasteiger partial charge in [0.2, 0.25) is 0 Å². The molecule has 2 aromatic carbocycles. The Morgan fingerprint density at radius 3 is 2.25 bits per heavy atom. The molecule has 0 N–H and O–H groups in total. The lowest BCUT2D eigenvalue weighted by atomic mass is 10.0. The first-order valence-electron chi connectivity index (χ1n) is 5.46. The number of rotatable bonds is 2. The van der Waals surface area contributed by atoms with Crippen LogP contribution in [0.1, 0.15) is 21.5 Å². The number of hydrogen-bond donors (Lipinski definition) is 0. The second-order valence-electron chi connectivity index (χ2n) is 4.16. The zero-order valence-electron chi connectivity index (χ0n) is 10.1. The fourth-order valence-electron chi connectivity index (χ4n) is 1.71. The molecule has 1 nitrogen and oxygen atoms in total. The quantitative estimate of drug-likeness (QED) is 0.369. The van der Waals surface area contributed by atoms with Crippen LogP contribution in [-0.2, 0) is 0 Å². The molecule has 0 spiro atoms. The Morgan fingerprint density at radius 2 is 1.65 bits per heavy atom. The number of ketones is 1. The molecule has 0 heterocycles. The number of halogens is 5. The van der Waals surface area contributed by atoms with E-state index in [1.807, 2.05) is 0 Å². The van der Waals surface area contributed by atoms with Crippen LogP contribution in [0.4, 0.5) is 4.39 Å². The molecule has 0 bridgehead atoms. The molecular weight excluding hydrogens is 345 g/mol. The van der Waals surface area contributed by atoms with E-state index in [0.29, 0.717) is 5.56 Å². The molecule has 0 saturated heterocycles. The third kappa shape index (κ3) is 2.79. The summed E-state index contributed by atoms with van der Waals surface area (Å²) >= 11 is 23.6. The molecule has 0 fully saturated rings. The van der Waals surface area contributed by atoms with Crippen LogP contribution in [0.3, 0.4) is 0 Å². The molecule has 2 aromatic rings. The Morgan fingerprint density at radius 1 is 1.00 bits per heavy atom. The Kier molecular flexibility index (Phi) is 4.60. The average Bonchev–Trinajstić information content (AvgIpc) is 2.36.